The van der Waals surface area contributed by atoms with Crippen LogP contribution in [0.3, 0.4) is 0 Å². The van der Waals surface area contributed by atoms with Crippen molar-refractivity contribution in [3.63, 3.8) is 0 Å². The molecule has 3 heterocycles. The lowest BCUT2D eigenvalue weighted by atomic mass is 10.0. The minimum absolute atomic E-state index is 0.118. The zero-order chi connectivity index (χ0) is 22.3. The summed E-state index contributed by atoms with van der Waals surface area (Å²) in [4.78, 5) is 20.6. The van der Waals surface area contributed by atoms with Gasteiger partial charge in [0.15, 0.2) is 0 Å². The lowest BCUT2D eigenvalue weighted by molar-refractivity contribution is 0.509. The molecular formula is C24H21ClN6O. The highest BCUT2D eigenvalue weighted by molar-refractivity contribution is 6.30. The van der Waals surface area contributed by atoms with E-state index in [4.69, 9.17) is 16.9 Å². The molecule has 7 nitrogen and oxygen atoms in total. The van der Waals surface area contributed by atoms with Crippen LogP contribution in [0.4, 0.5) is 0 Å². The number of halogens is 1. The highest BCUT2D eigenvalue weighted by Crippen LogP contribution is 2.22. The van der Waals surface area contributed by atoms with Crippen LogP contribution >= 0.6 is 11.6 Å². The van der Waals surface area contributed by atoms with Crippen molar-refractivity contribution < 1.29 is 0 Å². The van der Waals surface area contributed by atoms with Crippen LogP contribution in [0, 0.1) is 11.3 Å². The molecule has 1 atom stereocenters. The number of hydrogen-bond donors (Lipinski definition) is 1. The average Bonchev–Trinajstić information content (AvgIpc) is 3.36. The first-order valence-corrected chi connectivity index (χ1v) is 10.5. The molecule has 0 bridgehead atoms. The van der Waals surface area contributed by atoms with Crippen LogP contribution in [0.1, 0.15) is 29.2 Å². The molecule has 4 rings (SSSR count). The normalized spacial score (nSPS) is 11.8. The number of hydrogen-bond acceptors (Lipinski definition) is 5. The summed E-state index contributed by atoms with van der Waals surface area (Å²) in [6, 6.07) is 16.7. The van der Waals surface area contributed by atoms with Crippen molar-refractivity contribution >= 4 is 11.6 Å². The fraction of sp³-hybridized carbons (Fsp3) is 0.167. The Balaban J connectivity index is 1.37. The Morgan fingerprint density at radius 2 is 1.97 bits per heavy atom. The summed E-state index contributed by atoms with van der Waals surface area (Å²) in [5, 5.41) is 13.0. The Morgan fingerprint density at radius 3 is 2.66 bits per heavy atom. The Morgan fingerprint density at radius 1 is 1.12 bits per heavy atom. The second kappa shape index (κ2) is 10.1. The third kappa shape index (κ3) is 5.11. The van der Waals surface area contributed by atoms with E-state index in [9.17, 15) is 4.79 Å². The molecule has 4 aromatic rings. The number of nitrogens with one attached hydrogen (secondary N) is 1. The summed E-state index contributed by atoms with van der Waals surface area (Å²) in [5.41, 5.74) is 2.61. The molecule has 0 fully saturated rings. The van der Waals surface area contributed by atoms with Crippen molar-refractivity contribution in [2.45, 2.75) is 19.0 Å². The van der Waals surface area contributed by atoms with Crippen LogP contribution in [0.5, 0.6) is 0 Å². The molecule has 32 heavy (non-hydrogen) atoms. The first-order valence-electron chi connectivity index (χ1n) is 10.2. The van der Waals surface area contributed by atoms with Gasteiger partial charge in [0, 0.05) is 37.4 Å². The van der Waals surface area contributed by atoms with E-state index in [0.29, 0.717) is 22.9 Å². The van der Waals surface area contributed by atoms with Crippen molar-refractivity contribution in [1.29, 1.82) is 5.26 Å². The second-order valence-corrected chi connectivity index (χ2v) is 7.74. The maximum absolute atomic E-state index is 12.0. The third-order valence-electron chi connectivity index (χ3n) is 5.16. The van der Waals surface area contributed by atoms with Gasteiger partial charge in [0.25, 0.3) is 5.56 Å². The van der Waals surface area contributed by atoms with Gasteiger partial charge >= 0.3 is 0 Å². The molecule has 0 aliphatic heterocycles. The number of nitrogens with zero attached hydrogens (tertiary/aromatic N) is 5. The van der Waals surface area contributed by atoms with E-state index < -0.39 is 0 Å². The fourth-order valence-electron chi connectivity index (χ4n) is 3.50. The van der Waals surface area contributed by atoms with Crippen LogP contribution in [0.25, 0.3) is 5.82 Å². The van der Waals surface area contributed by atoms with Crippen LogP contribution in [0.2, 0.25) is 5.02 Å². The molecule has 160 valence electrons. The number of benzene rings is 1. The van der Waals surface area contributed by atoms with Crippen molar-refractivity contribution in [3.8, 4) is 11.9 Å². The summed E-state index contributed by atoms with van der Waals surface area (Å²) in [6.45, 7) is 1.43. The molecule has 0 saturated heterocycles. The lowest BCUT2D eigenvalue weighted by Gasteiger charge is -2.19. The first-order chi connectivity index (χ1) is 15.6. The van der Waals surface area contributed by atoms with Gasteiger partial charge in [-0.3, -0.25) is 9.36 Å². The Labute approximate surface area is 190 Å². The average molecular weight is 445 g/mol. The predicted molar refractivity (Wildman–Crippen MR) is 123 cm³/mol. The third-order valence-corrected chi connectivity index (χ3v) is 5.39. The minimum atomic E-state index is -0.180. The van der Waals surface area contributed by atoms with Crippen LogP contribution in [-0.2, 0) is 6.54 Å². The molecule has 8 heteroatoms. The molecule has 0 aliphatic carbocycles. The summed E-state index contributed by atoms with van der Waals surface area (Å²) >= 11 is 5.99. The summed E-state index contributed by atoms with van der Waals surface area (Å²) in [7, 11) is 0. The van der Waals surface area contributed by atoms with E-state index in [-0.39, 0.29) is 11.6 Å². The number of rotatable bonds is 8. The molecule has 0 saturated carbocycles. The van der Waals surface area contributed by atoms with Crippen LogP contribution in [-0.4, -0.2) is 25.6 Å². The molecule has 0 amide bonds. The maximum Gasteiger partial charge on any atom is 0.256 e. The highest BCUT2D eigenvalue weighted by Gasteiger charge is 2.13. The molecule has 3 aromatic heterocycles. The van der Waals surface area contributed by atoms with E-state index >= 15 is 0 Å². The largest absolute Gasteiger partial charge is 0.330 e. The maximum atomic E-state index is 12.0. The fourth-order valence-corrected chi connectivity index (χ4v) is 3.66. The van der Waals surface area contributed by atoms with Gasteiger partial charge in [-0.1, -0.05) is 29.8 Å². The molecule has 1 aromatic carbocycles. The highest BCUT2D eigenvalue weighted by atomic mass is 35.5. The summed E-state index contributed by atoms with van der Waals surface area (Å²) < 4.78 is 3.50. The van der Waals surface area contributed by atoms with Crippen molar-refractivity contribution in [2.24, 2.45) is 0 Å². The van der Waals surface area contributed by atoms with Crippen molar-refractivity contribution in [1.82, 2.24) is 24.4 Å². The monoisotopic (exact) mass is 444 g/mol. The van der Waals surface area contributed by atoms with Crippen LogP contribution in [0.15, 0.2) is 84.4 Å². The quantitative estimate of drug-likeness (QED) is 0.418. The topological polar surface area (TPSA) is 88.5 Å². The zero-order valence-electron chi connectivity index (χ0n) is 17.2. The molecule has 0 aliphatic rings. The first kappa shape index (κ1) is 21.5. The van der Waals surface area contributed by atoms with Crippen molar-refractivity contribution in [2.75, 3.05) is 6.54 Å². The van der Waals surface area contributed by atoms with E-state index in [1.165, 1.54) is 10.6 Å². The molecule has 0 radical (unpaired) electrons. The molecule has 0 spiro atoms. The van der Waals surface area contributed by atoms with Gasteiger partial charge in [0.2, 0.25) is 0 Å². The van der Waals surface area contributed by atoms with Gasteiger partial charge in [0.05, 0.1) is 29.0 Å². The standard InChI is InChI=1S/C24H21ClN6O/c25-21-6-8-24(32)31(16-21)23-7-3-19(15-29-23)14-27-10-9-22(30-12-11-28-17-30)20-4-1-18(13-26)2-5-20/h1-8,11-12,15-17,22,27H,9-10,14H2. The Bertz CT molecular complexity index is 1260. The van der Waals surface area contributed by atoms with Crippen molar-refractivity contribution in [3.05, 3.63) is 112 Å². The number of aromatic nitrogens is 4. The lowest BCUT2D eigenvalue weighted by Crippen LogP contribution is -2.20. The van der Waals surface area contributed by atoms with Gasteiger partial charge in [-0.25, -0.2) is 9.97 Å². The van der Waals surface area contributed by atoms with E-state index in [0.717, 1.165) is 24.1 Å². The molecular weight excluding hydrogens is 424 g/mol. The summed E-state index contributed by atoms with van der Waals surface area (Å²) in [6.07, 6.45) is 9.69. The van der Waals surface area contributed by atoms with Gasteiger partial charge in [0.1, 0.15) is 5.82 Å². The smallest absolute Gasteiger partial charge is 0.256 e. The Hall–Kier alpha value is -3.73. The number of imidazole rings is 1. The second-order valence-electron chi connectivity index (χ2n) is 7.31. The van der Waals surface area contributed by atoms with E-state index in [1.54, 1.807) is 30.7 Å². The molecule has 1 N–H and O–H groups in total. The van der Waals surface area contributed by atoms with Gasteiger partial charge in [-0.05, 0) is 48.4 Å². The number of pyridine rings is 2. The van der Waals surface area contributed by atoms with Crippen LogP contribution < -0.4 is 10.9 Å². The zero-order valence-corrected chi connectivity index (χ0v) is 18.0. The van der Waals surface area contributed by atoms with E-state index in [2.05, 4.69) is 25.9 Å². The Kier molecular flexibility index (Phi) is 6.75. The predicted octanol–water partition coefficient (Wildman–Crippen LogP) is 3.72. The van der Waals surface area contributed by atoms with Gasteiger partial charge < -0.3 is 9.88 Å². The van der Waals surface area contributed by atoms with Gasteiger partial charge in [-0.15, -0.1) is 0 Å². The van der Waals surface area contributed by atoms with E-state index in [1.807, 2.05) is 42.9 Å². The summed E-state index contributed by atoms with van der Waals surface area (Å²) in [5.74, 6) is 0.530. The molecule has 1 unspecified atom stereocenters. The minimum Gasteiger partial charge on any atom is -0.330 e. The SMILES string of the molecule is N#Cc1ccc(C(CCNCc2ccc(-n3cc(Cl)ccc3=O)nc2)n2ccnc2)cc1. The van der Waals surface area contributed by atoms with Gasteiger partial charge in [-0.2, -0.15) is 5.26 Å². The number of nitriles is 1.